The van der Waals surface area contributed by atoms with E-state index in [4.69, 9.17) is 4.42 Å². The maximum atomic E-state index is 6.46. The summed E-state index contributed by atoms with van der Waals surface area (Å²) < 4.78 is 7.90. The van der Waals surface area contributed by atoms with Gasteiger partial charge in [-0.3, -0.25) is 0 Å². The second kappa shape index (κ2) is 14.6. The molecule has 0 bridgehead atoms. The fourth-order valence-corrected chi connectivity index (χ4v) is 8.48. The molecule has 0 amide bonds. The van der Waals surface area contributed by atoms with Crippen LogP contribution in [0.5, 0.6) is 0 Å². The normalized spacial score (nSPS) is 11.6. The molecule has 3 heterocycles. The zero-order chi connectivity index (χ0) is 34.2. The molecule has 4 aromatic carbocycles. The van der Waals surface area contributed by atoms with Crippen LogP contribution in [0.25, 0.3) is 55.6 Å². The van der Waals surface area contributed by atoms with Gasteiger partial charge < -0.3 is 9.40 Å². The number of fused-ring (bicyclic) bond motifs is 3. The van der Waals surface area contributed by atoms with Gasteiger partial charge in [0.1, 0.15) is 5.58 Å². The molecule has 0 N–H and O–H groups in total. The van der Waals surface area contributed by atoms with E-state index in [0.717, 1.165) is 44.5 Å². The minimum absolute atomic E-state index is 0. The van der Waals surface area contributed by atoms with Gasteiger partial charge in [0.2, 0.25) is 0 Å². The molecule has 7 aromatic rings. The van der Waals surface area contributed by atoms with Crippen LogP contribution < -0.4 is 4.40 Å². The van der Waals surface area contributed by atoms with Crippen LogP contribution in [0.4, 0.5) is 0 Å². The average Bonchev–Trinajstić information content (AvgIpc) is 3.42. The standard InChI is InChI=1S/C30H28NO.C14H16GeN.Ir/c1-18-14-19(2)28(20(3)15-18)21-10-11-23-24-8-7-9-25(29(24)32-27(23)16-21)26-17-22(12-13-31-26)30(4,5)6;1-15(2,3)13-9-10-14(16-11-13)12-7-5-4-6-8-12;/h7-8,10-17H,1-6H3;4-7,9-11H,1-3H3;/q2*-1;. The first kappa shape index (κ1) is 36.5. The van der Waals surface area contributed by atoms with Gasteiger partial charge in [-0.05, 0) is 71.8 Å². The van der Waals surface area contributed by atoms with Gasteiger partial charge in [0.05, 0.1) is 5.58 Å². The van der Waals surface area contributed by atoms with E-state index < -0.39 is 13.3 Å². The van der Waals surface area contributed by atoms with Gasteiger partial charge in [0.15, 0.2) is 0 Å². The molecule has 0 aliphatic carbocycles. The van der Waals surface area contributed by atoms with Gasteiger partial charge in [-0.15, -0.1) is 18.2 Å². The van der Waals surface area contributed by atoms with Crippen molar-refractivity contribution >= 4 is 39.6 Å². The van der Waals surface area contributed by atoms with Crippen molar-refractivity contribution < 1.29 is 24.5 Å². The number of nitrogens with zero attached hydrogens (tertiary/aromatic N) is 2. The summed E-state index contributed by atoms with van der Waals surface area (Å²) in [6.07, 6.45) is 3.92. The third-order valence-corrected chi connectivity index (χ3v) is 13.2. The van der Waals surface area contributed by atoms with E-state index >= 15 is 0 Å². The molecule has 251 valence electrons. The Morgan fingerprint density at radius 1 is 0.714 bits per heavy atom. The molecule has 0 aliphatic heterocycles. The van der Waals surface area contributed by atoms with Crippen molar-refractivity contribution in [1.29, 1.82) is 0 Å². The Balaban J connectivity index is 0.000000233. The van der Waals surface area contributed by atoms with E-state index in [9.17, 15) is 0 Å². The quantitative estimate of drug-likeness (QED) is 0.131. The molecule has 3 nitrogen and oxygen atoms in total. The van der Waals surface area contributed by atoms with Crippen molar-refractivity contribution in [2.75, 3.05) is 0 Å². The first-order chi connectivity index (χ1) is 22.8. The molecule has 7 rings (SSSR count). The first-order valence-corrected chi connectivity index (χ1v) is 24.0. The Morgan fingerprint density at radius 3 is 2.10 bits per heavy atom. The smallest absolute Gasteiger partial charge is 0 e. The summed E-state index contributed by atoms with van der Waals surface area (Å²) in [6, 6.07) is 38.2. The fraction of sp³-hybridized carbons (Fsp3) is 0.227. The fourth-order valence-electron chi connectivity index (χ4n) is 6.31. The predicted molar refractivity (Wildman–Crippen MR) is 206 cm³/mol. The zero-order valence-corrected chi connectivity index (χ0v) is 34.4. The van der Waals surface area contributed by atoms with E-state index in [2.05, 4.69) is 142 Å². The summed E-state index contributed by atoms with van der Waals surface area (Å²) in [6.45, 7) is 13.2. The number of benzene rings is 4. The molecule has 0 aliphatic rings. The Bertz CT molecular complexity index is 2200. The SMILES string of the molecule is Cc1cc(C)c(-c2ccc3c(c2)oc2c(-c4cc(C(C)(C)C)ccn4)[c-]ccc23)c(C)c1.[CH3][Ge]([CH3])([CH3])[c]1ccc(-c2[c-]cccc2)nc1.[Ir]. The van der Waals surface area contributed by atoms with Crippen molar-refractivity contribution in [3.63, 3.8) is 0 Å². The van der Waals surface area contributed by atoms with Crippen LogP contribution in [-0.4, -0.2) is 23.2 Å². The predicted octanol–water partition coefficient (Wildman–Crippen LogP) is 11.4. The molecule has 1 radical (unpaired) electrons. The molecule has 0 atom stereocenters. The molecule has 0 fully saturated rings. The maximum absolute atomic E-state index is 6.46. The summed E-state index contributed by atoms with van der Waals surface area (Å²) in [4.78, 5) is 9.18. The van der Waals surface area contributed by atoms with Crippen LogP contribution in [0, 0.1) is 32.9 Å². The molecular weight excluding hydrogens is 837 g/mol. The molecule has 49 heavy (non-hydrogen) atoms. The minimum atomic E-state index is -1.72. The maximum Gasteiger partial charge on any atom is 0 e. The Hall–Kier alpha value is -3.83. The van der Waals surface area contributed by atoms with Crippen LogP contribution in [0.15, 0.2) is 108 Å². The number of aryl methyl sites for hydroxylation is 3. The number of rotatable bonds is 4. The third-order valence-electron chi connectivity index (χ3n) is 8.90. The van der Waals surface area contributed by atoms with Crippen molar-refractivity contribution in [3.05, 3.63) is 138 Å². The number of hydrogen-bond donors (Lipinski definition) is 0. The van der Waals surface area contributed by atoms with E-state index in [0.29, 0.717) is 0 Å². The molecule has 5 heteroatoms. The van der Waals surface area contributed by atoms with E-state index in [1.165, 1.54) is 37.8 Å². The molecule has 0 spiro atoms. The topological polar surface area (TPSA) is 38.9 Å². The van der Waals surface area contributed by atoms with Gasteiger partial charge in [-0.2, -0.15) is 0 Å². The van der Waals surface area contributed by atoms with Crippen LogP contribution >= 0.6 is 0 Å². The van der Waals surface area contributed by atoms with Crippen LogP contribution in [0.1, 0.15) is 43.0 Å². The summed E-state index contributed by atoms with van der Waals surface area (Å²) in [7, 11) is 0. The molecule has 0 unspecified atom stereocenters. The average molecular weight is 882 g/mol. The molecular formula is C44H44GeIrN2O-2. The van der Waals surface area contributed by atoms with Crippen molar-refractivity contribution in [3.8, 4) is 33.6 Å². The van der Waals surface area contributed by atoms with E-state index in [1.54, 1.807) is 0 Å². The van der Waals surface area contributed by atoms with Gasteiger partial charge >= 0.3 is 99.8 Å². The van der Waals surface area contributed by atoms with E-state index in [1.807, 2.05) is 42.7 Å². The summed E-state index contributed by atoms with van der Waals surface area (Å²) >= 11 is -1.72. The summed E-state index contributed by atoms with van der Waals surface area (Å²) in [5.74, 6) is 7.14. The second-order valence-corrected chi connectivity index (χ2v) is 25.5. The van der Waals surface area contributed by atoms with Gasteiger partial charge in [0, 0.05) is 31.7 Å². The van der Waals surface area contributed by atoms with Gasteiger partial charge in [-0.25, -0.2) is 0 Å². The van der Waals surface area contributed by atoms with Crippen molar-refractivity contribution in [2.45, 2.75) is 64.2 Å². The second-order valence-electron chi connectivity index (χ2n) is 14.8. The molecule has 0 saturated carbocycles. The van der Waals surface area contributed by atoms with Gasteiger partial charge in [0.25, 0.3) is 0 Å². The van der Waals surface area contributed by atoms with Crippen LogP contribution in [0.2, 0.25) is 17.3 Å². The number of pyridine rings is 2. The van der Waals surface area contributed by atoms with Crippen LogP contribution in [-0.2, 0) is 25.5 Å². The number of aromatic nitrogens is 2. The van der Waals surface area contributed by atoms with Crippen molar-refractivity contribution in [1.82, 2.24) is 9.97 Å². The monoisotopic (exact) mass is 883 g/mol. The van der Waals surface area contributed by atoms with E-state index in [-0.39, 0.29) is 25.5 Å². The Morgan fingerprint density at radius 2 is 1.47 bits per heavy atom. The summed E-state index contributed by atoms with van der Waals surface area (Å²) in [5, 5.41) is 2.22. The third kappa shape index (κ3) is 7.99. The Labute approximate surface area is 307 Å². The zero-order valence-electron chi connectivity index (χ0n) is 30.0. The minimum Gasteiger partial charge on any atom is 0 e. The van der Waals surface area contributed by atoms with Crippen molar-refractivity contribution in [2.24, 2.45) is 0 Å². The molecule has 0 saturated heterocycles. The Kier molecular flexibility index (Phi) is 10.8. The number of hydrogen-bond acceptors (Lipinski definition) is 3. The largest absolute Gasteiger partial charge is 0 e. The first-order valence-electron chi connectivity index (χ1n) is 16.7. The molecule has 3 aromatic heterocycles. The van der Waals surface area contributed by atoms with Crippen LogP contribution in [0.3, 0.4) is 0 Å². The van der Waals surface area contributed by atoms with Gasteiger partial charge in [-0.1, -0.05) is 67.6 Å². The number of furan rings is 1. The summed E-state index contributed by atoms with van der Waals surface area (Å²) in [5.41, 5.74) is 13.3.